The van der Waals surface area contributed by atoms with Crippen molar-refractivity contribution in [2.24, 2.45) is 5.92 Å². The van der Waals surface area contributed by atoms with Gasteiger partial charge in [-0.05, 0) is 47.0 Å². The molecule has 20 heavy (non-hydrogen) atoms. The van der Waals surface area contributed by atoms with E-state index in [1.807, 2.05) is 25.7 Å². The minimum Gasteiger partial charge on any atom is -0.444 e. The Morgan fingerprint density at radius 1 is 1.40 bits per heavy atom. The normalized spacial score (nSPS) is 22.7. The molecule has 5 heteroatoms. The van der Waals surface area contributed by atoms with Crippen molar-refractivity contribution in [3.8, 4) is 0 Å². The number of rotatable bonds is 5. The average Bonchev–Trinajstić information content (AvgIpc) is 2.81. The molecule has 0 saturated carbocycles. The molecule has 0 radical (unpaired) electrons. The highest BCUT2D eigenvalue weighted by Crippen LogP contribution is 2.19. The largest absolute Gasteiger partial charge is 0.444 e. The van der Waals surface area contributed by atoms with Gasteiger partial charge >= 0.3 is 6.09 Å². The van der Waals surface area contributed by atoms with Crippen LogP contribution in [0, 0.1) is 5.92 Å². The van der Waals surface area contributed by atoms with Gasteiger partial charge in [0.15, 0.2) is 0 Å². The molecule has 0 aromatic carbocycles. The first kappa shape index (κ1) is 17.2. The van der Waals surface area contributed by atoms with E-state index in [0.29, 0.717) is 12.0 Å². The number of hydrogen-bond donors (Lipinski definition) is 1. The van der Waals surface area contributed by atoms with Gasteiger partial charge in [0.2, 0.25) is 0 Å². The van der Waals surface area contributed by atoms with Crippen molar-refractivity contribution in [3.63, 3.8) is 0 Å². The van der Waals surface area contributed by atoms with Gasteiger partial charge in [-0.3, -0.25) is 0 Å². The zero-order chi connectivity index (χ0) is 15.3. The van der Waals surface area contributed by atoms with Crippen molar-refractivity contribution < 1.29 is 14.3 Å². The molecule has 1 heterocycles. The van der Waals surface area contributed by atoms with Gasteiger partial charge in [-0.25, -0.2) is 4.79 Å². The van der Waals surface area contributed by atoms with Crippen molar-refractivity contribution >= 4 is 6.09 Å². The second kappa shape index (κ2) is 7.27. The molecule has 118 valence electrons. The van der Waals surface area contributed by atoms with Crippen LogP contribution in [0.15, 0.2) is 0 Å². The summed E-state index contributed by atoms with van der Waals surface area (Å²) in [6.07, 6.45) is 1.03. The summed E-state index contributed by atoms with van der Waals surface area (Å²) in [5.74, 6) is 0.494. The van der Waals surface area contributed by atoms with Crippen molar-refractivity contribution in [2.75, 3.05) is 26.7 Å². The molecule has 1 aliphatic heterocycles. The van der Waals surface area contributed by atoms with Gasteiger partial charge in [0.25, 0.3) is 0 Å². The highest BCUT2D eigenvalue weighted by Gasteiger charge is 2.29. The van der Waals surface area contributed by atoms with Crippen molar-refractivity contribution in [2.45, 2.75) is 58.8 Å². The summed E-state index contributed by atoms with van der Waals surface area (Å²) in [5, 5.41) is 3.48. The van der Waals surface area contributed by atoms with E-state index in [1.54, 1.807) is 7.11 Å². The monoisotopic (exact) mass is 286 g/mol. The Balaban J connectivity index is 2.31. The molecule has 3 atom stereocenters. The van der Waals surface area contributed by atoms with Crippen LogP contribution in [0.5, 0.6) is 0 Å². The smallest absolute Gasteiger partial charge is 0.410 e. The first-order chi connectivity index (χ1) is 9.23. The fraction of sp³-hybridized carbons (Fsp3) is 0.933. The lowest BCUT2D eigenvalue weighted by molar-refractivity contribution is 0.0287. The third kappa shape index (κ3) is 5.67. The maximum Gasteiger partial charge on any atom is 0.410 e. The predicted molar refractivity (Wildman–Crippen MR) is 79.8 cm³/mol. The van der Waals surface area contributed by atoms with Crippen LogP contribution in [0.3, 0.4) is 0 Å². The molecule has 1 saturated heterocycles. The number of hydrogen-bond acceptors (Lipinski definition) is 4. The molecule has 3 unspecified atom stereocenters. The second-order valence-electron chi connectivity index (χ2n) is 6.72. The van der Waals surface area contributed by atoms with E-state index < -0.39 is 5.60 Å². The summed E-state index contributed by atoms with van der Waals surface area (Å²) in [5.41, 5.74) is -0.421. The third-order valence-electron chi connectivity index (χ3n) is 3.74. The molecular weight excluding hydrogens is 256 g/mol. The van der Waals surface area contributed by atoms with Gasteiger partial charge in [-0.1, -0.05) is 0 Å². The maximum atomic E-state index is 12.0. The van der Waals surface area contributed by atoms with Gasteiger partial charge in [0, 0.05) is 32.8 Å². The molecule has 0 aliphatic carbocycles. The van der Waals surface area contributed by atoms with E-state index >= 15 is 0 Å². The van der Waals surface area contributed by atoms with E-state index in [0.717, 1.165) is 26.1 Å². The average molecular weight is 286 g/mol. The van der Waals surface area contributed by atoms with Crippen molar-refractivity contribution in [3.05, 3.63) is 0 Å². The molecule has 1 rings (SSSR count). The Morgan fingerprint density at radius 2 is 2.05 bits per heavy atom. The SMILES string of the molecule is COC(C)C(C)NCC1CCN(C(=O)OC(C)(C)C)C1. The molecular formula is C15H30N2O3. The van der Waals surface area contributed by atoms with E-state index in [4.69, 9.17) is 9.47 Å². The van der Waals surface area contributed by atoms with Crippen LogP contribution in [0.1, 0.15) is 41.0 Å². The highest BCUT2D eigenvalue weighted by molar-refractivity contribution is 5.68. The number of ether oxygens (including phenoxy) is 2. The summed E-state index contributed by atoms with van der Waals surface area (Å²) in [6, 6.07) is 0.315. The zero-order valence-electron chi connectivity index (χ0n) is 13.7. The summed E-state index contributed by atoms with van der Waals surface area (Å²) >= 11 is 0. The van der Waals surface area contributed by atoms with Crippen LogP contribution in [-0.4, -0.2) is 55.5 Å². The van der Waals surface area contributed by atoms with E-state index in [1.165, 1.54) is 0 Å². The molecule has 1 fully saturated rings. The first-order valence-corrected chi connectivity index (χ1v) is 7.47. The summed E-state index contributed by atoms with van der Waals surface area (Å²) < 4.78 is 10.7. The summed E-state index contributed by atoms with van der Waals surface area (Å²) in [6.45, 7) is 12.3. The van der Waals surface area contributed by atoms with Gasteiger partial charge in [0.1, 0.15) is 5.60 Å². The van der Waals surface area contributed by atoms with Gasteiger partial charge in [-0.2, -0.15) is 0 Å². The molecule has 0 aromatic heterocycles. The number of nitrogens with one attached hydrogen (secondary N) is 1. The number of carbonyl (C=O) groups excluding carboxylic acids is 1. The van der Waals surface area contributed by atoms with Gasteiger partial charge in [-0.15, -0.1) is 0 Å². The standard InChI is InChI=1S/C15H30N2O3/c1-11(12(2)19-6)16-9-13-7-8-17(10-13)14(18)20-15(3,4)5/h11-13,16H,7-10H2,1-6H3. The zero-order valence-corrected chi connectivity index (χ0v) is 13.7. The predicted octanol–water partition coefficient (Wildman–Crippen LogP) is 2.26. The Kier molecular flexibility index (Phi) is 6.27. The highest BCUT2D eigenvalue weighted by atomic mass is 16.6. The third-order valence-corrected chi connectivity index (χ3v) is 3.74. The lowest BCUT2D eigenvalue weighted by atomic mass is 10.1. The van der Waals surface area contributed by atoms with E-state index in [-0.39, 0.29) is 12.2 Å². The van der Waals surface area contributed by atoms with Crippen LogP contribution < -0.4 is 5.32 Å². The van der Waals surface area contributed by atoms with E-state index in [9.17, 15) is 4.79 Å². The fourth-order valence-electron chi connectivity index (χ4n) is 2.21. The minimum atomic E-state index is -0.421. The lowest BCUT2D eigenvalue weighted by Crippen LogP contribution is -2.40. The number of methoxy groups -OCH3 is 1. The van der Waals surface area contributed by atoms with Crippen molar-refractivity contribution in [1.82, 2.24) is 10.2 Å². The second-order valence-corrected chi connectivity index (χ2v) is 6.72. The quantitative estimate of drug-likeness (QED) is 0.842. The Labute approximate surface area is 123 Å². The Morgan fingerprint density at radius 3 is 2.60 bits per heavy atom. The van der Waals surface area contributed by atoms with E-state index in [2.05, 4.69) is 19.2 Å². The number of carbonyl (C=O) groups is 1. The molecule has 1 amide bonds. The van der Waals surface area contributed by atoms with Gasteiger partial charge in [0.05, 0.1) is 6.10 Å². The van der Waals surface area contributed by atoms with Crippen LogP contribution in [-0.2, 0) is 9.47 Å². The molecule has 0 spiro atoms. The van der Waals surface area contributed by atoms with Crippen molar-refractivity contribution in [1.29, 1.82) is 0 Å². The van der Waals surface area contributed by atoms with Crippen LogP contribution in [0.2, 0.25) is 0 Å². The molecule has 0 bridgehead atoms. The number of likely N-dealkylation sites (tertiary alicyclic amines) is 1. The fourth-order valence-corrected chi connectivity index (χ4v) is 2.21. The Hall–Kier alpha value is -0.810. The molecule has 5 nitrogen and oxygen atoms in total. The number of amides is 1. The first-order valence-electron chi connectivity index (χ1n) is 7.47. The summed E-state index contributed by atoms with van der Waals surface area (Å²) in [7, 11) is 1.72. The molecule has 1 aliphatic rings. The lowest BCUT2D eigenvalue weighted by Gasteiger charge is -2.25. The van der Waals surface area contributed by atoms with Crippen LogP contribution in [0.4, 0.5) is 4.79 Å². The van der Waals surface area contributed by atoms with Crippen LogP contribution >= 0.6 is 0 Å². The Bertz CT molecular complexity index is 315. The summed E-state index contributed by atoms with van der Waals surface area (Å²) in [4.78, 5) is 13.8. The number of nitrogens with zero attached hydrogens (tertiary/aromatic N) is 1. The topological polar surface area (TPSA) is 50.8 Å². The molecule has 1 N–H and O–H groups in total. The van der Waals surface area contributed by atoms with Crippen LogP contribution in [0.25, 0.3) is 0 Å². The molecule has 0 aromatic rings. The van der Waals surface area contributed by atoms with Gasteiger partial charge < -0.3 is 19.7 Å². The maximum absolute atomic E-state index is 12.0. The minimum absolute atomic E-state index is 0.193.